The second-order valence-corrected chi connectivity index (χ2v) is 10.7. The van der Waals surface area contributed by atoms with Crippen molar-refractivity contribution in [3.05, 3.63) is 99.7 Å². The summed E-state index contributed by atoms with van der Waals surface area (Å²) in [5.74, 6) is 0.721. The Morgan fingerprint density at radius 1 is 1.06 bits per heavy atom. The Morgan fingerprint density at radius 2 is 1.89 bits per heavy atom. The quantitative estimate of drug-likeness (QED) is 0.326. The van der Waals surface area contributed by atoms with Gasteiger partial charge in [0, 0.05) is 28.4 Å². The normalized spacial score (nSPS) is 16.5. The third-order valence-electron chi connectivity index (χ3n) is 7.46. The van der Waals surface area contributed by atoms with Gasteiger partial charge in [-0.1, -0.05) is 37.3 Å². The molecule has 0 bridgehead atoms. The number of thiophene rings is 1. The second-order valence-electron chi connectivity index (χ2n) is 9.59. The van der Waals surface area contributed by atoms with Gasteiger partial charge in [-0.3, -0.25) is 0 Å². The average molecular weight is 498 g/mol. The first-order valence-electron chi connectivity index (χ1n) is 12.8. The molecular weight excluding hydrogens is 466 g/mol. The highest BCUT2D eigenvalue weighted by atomic mass is 32.1. The molecule has 0 spiro atoms. The van der Waals surface area contributed by atoms with Gasteiger partial charge in [-0.25, -0.2) is 4.79 Å². The van der Waals surface area contributed by atoms with Crippen LogP contribution in [0.5, 0.6) is 5.75 Å². The lowest BCUT2D eigenvalue weighted by Gasteiger charge is -2.31. The summed E-state index contributed by atoms with van der Waals surface area (Å²) in [6.07, 6.45) is 7.85. The summed E-state index contributed by atoms with van der Waals surface area (Å²) in [4.78, 5) is 17.5. The Kier molecular flexibility index (Phi) is 6.05. The lowest BCUT2D eigenvalue weighted by atomic mass is 9.95. The number of carbonyl (C=O) groups excluding carboxylic acids is 1. The Morgan fingerprint density at radius 3 is 2.69 bits per heavy atom. The van der Waals surface area contributed by atoms with Crippen LogP contribution < -0.4 is 10.1 Å². The Hall–Kier alpha value is -3.51. The maximum atomic E-state index is 14.0. The van der Waals surface area contributed by atoms with Crippen LogP contribution in [-0.4, -0.2) is 22.6 Å². The van der Waals surface area contributed by atoms with Crippen molar-refractivity contribution in [2.24, 2.45) is 0 Å². The predicted molar refractivity (Wildman–Crippen MR) is 146 cm³/mol. The van der Waals surface area contributed by atoms with E-state index in [2.05, 4.69) is 59.4 Å². The van der Waals surface area contributed by atoms with Gasteiger partial charge in [0.2, 0.25) is 0 Å². The molecule has 4 aromatic rings. The molecule has 1 aliphatic heterocycles. The number of urea groups is 1. The number of rotatable bonds is 4. The number of hydrogen-bond acceptors (Lipinski definition) is 3. The van der Waals surface area contributed by atoms with E-state index in [4.69, 9.17) is 4.74 Å². The number of nitrogens with zero attached hydrogens (tertiary/aromatic N) is 2. The first kappa shape index (κ1) is 22.9. The molecule has 1 aliphatic carbocycles. The fourth-order valence-corrected chi connectivity index (χ4v) is 6.97. The summed E-state index contributed by atoms with van der Waals surface area (Å²) in [7, 11) is 1.64. The van der Waals surface area contributed by atoms with Crippen molar-refractivity contribution >= 4 is 23.1 Å². The number of methoxy groups -OCH3 is 1. The van der Waals surface area contributed by atoms with Gasteiger partial charge in [0.25, 0.3) is 0 Å². The van der Waals surface area contributed by atoms with Crippen molar-refractivity contribution in [2.45, 2.75) is 51.6 Å². The summed E-state index contributed by atoms with van der Waals surface area (Å²) < 4.78 is 7.71. The highest BCUT2D eigenvalue weighted by molar-refractivity contribution is 7.15. The minimum Gasteiger partial charge on any atom is -0.497 e. The smallest absolute Gasteiger partial charge is 0.322 e. The van der Waals surface area contributed by atoms with Gasteiger partial charge in [0.15, 0.2) is 0 Å². The zero-order valence-corrected chi connectivity index (χ0v) is 21.6. The van der Waals surface area contributed by atoms with Crippen molar-refractivity contribution in [3.63, 3.8) is 0 Å². The summed E-state index contributed by atoms with van der Waals surface area (Å²) >= 11 is 1.91. The van der Waals surface area contributed by atoms with Crippen molar-refractivity contribution < 1.29 is 9.53 Å². The molecule has 2 aliphatic rings. The number of aromatic nitrogens is 1. The Balaban J connectivity index is 1.47. The van der Waals surface area contributed by atoms with Crippen molar-refractivity contribution in [1.82, 2.24) is 9.47 Å². The molecule has 0 unspecified atom stereocenters. The number of fused-ring (bicyclic) bond motifs is 5. The zero-order valence-electron chi connectivity index (χ0n) is 20.8. The fourth-order valence-electron chi connectivity index (χ4n) is 5.57. The van der Waals surface area contributed by atoms with Crippen molar-refractivity contribution in [3.8, 4) is 10.8 Å². The highest BCUT2D eigenvalue weighted by Crippen LogP contribution is 2.44. The number of aryl methyl sites for hydroxylation is 2. The van der Waals surface area contributed by atoms with E-state index < -0.39 is 0 Å². The van der Waals surface area contributed by atoms with E-state index in [9.17, 15) is 4.79 Å². The molecular formula is C30H31N3O2S. The lowest BCUT2D eigenvalue weighted by Crippen LogP contribution is -2.38. The lowest BCUT2D eigenvalue weighted by molar-refractivity contribution is 0.194. The fraction of sp³-hybridized carbons (Fsp3) is 0.300. The van der Waals surface area contributed by atoms with E-state index in [0.717, 1.165) is 42.0 Å². The number of carbonyl (C=O) groups is 1. The summed E-state index contributed by atoms with van der Waals surface area (Å²) in [6.45, 7) is 2.75. The molecule has 0 fully saturated rings. The van der Waals surface area contributed by atoms with Crippen LogP contribution in [-0.2, 0) is 25.8 Å². The molecule has 2 aromatic heterocycles. The Labute approximate surface area is 216 Å². The highest BCUT2D eigenvalue weighted by Gasteiger charge is 2.36. The third kappa shape index (κ3) is 3.99. The molecule has 6 heteroatoms. The van der Waals surface area contributed by atoms with Crippen LogP contribution in [0.15, 0.2) is 66.9 Å². The van der Waals surface area contributed by atoms with E-state index in [-0.39, 0.29) is 12.1 Å². The number of ether oxygens (including phenoxy) is 1. The first-order valence-corrected chi connectivity index (χ1v) is 13.6. The SMILES string of the molecule is CCc1ccc([C@@H]2c3cccn3-c3sc4c(c3CN2C(=O)Nc2cccc(OC)c2)CCCC4)cc1. The molecule has 2 amide bonds. The van der Waals surface area contributed by atoms with Gasteiger partial charge in [-0.15, -0.1) is 11.3 Å². The minimum atomic E-state index is -0.199. The van der Waals surface area contributed by atoms with Gasteiger partial charge in [0.05, 0.1) is 25.4 Å². The van der Waals surface area contributed by atoms with Crippen LogP contribution in [0.1, 0.15) is 58.6 Å². The number of nitrogens with one attached hydrogen (secondary N) is 1. The van der Waals surface area contributed by atoms with Crippen LogP contribution >= 0.6 is 11.3 Å². The van der Waals surface area contributed by atoms with Crippen LogP contribution in [0.4, 0.5) is 10.5 Å². The number of benzene rings is 2. The van der Waals surface area contributed by atoms with Crippen LogP contribution in [0, 0.1) is 0 Å². The third-order valence-corrected chi connectivity index (χ3v) is 8.80. The van der Waals surface area contributed by atoms with E-state index in [1.165, 1.54) is 39.4 Å². The standard InChI is InChI=1S/C30H31N3O2S/c1-3-20-13-15-21(16-14-20)28-26-11-7-17-32(26)29-25(24-10-4-5-12-27(24)36-29)19-33(28)30(34)31-22-8-6-9-23(18-22)35-2/h6-9,11,13-18,28H,3-5,10,12,19H2,1-2H3,(H,31,34)/t28-/m1/s1. The molecule has 0 saturated carbocycles. The molecule has 3 heterocycles. The molecule has 2 aromatic carbocycles. The van der Waals surface area contributed by atoms with Gasteiger partial charge >= 0.3 is 6.03 Å². The molecule has 6 rings (SSSR count). The molecule has 184 valence electrons. The maximum absolute atomic E-state index is 14.0. The van der Waals surface area contributed by atoms with E-state index in [1.54, 1.807) is 7.11 Å². The molecule has 5 nitrogen and oxygen atoms in total. The van der Waals surface area contributed by atoms with E-state index in [0.29, 0.717) is 6.54 Å². The van der Waals surface area contributed by atoms with Gasteiger partial charge in [-0.05, 0) is 73.1 Å². The number of hydrogen-bond donors (Lipinski definition) is 1. The summed E-state index contributed by atoms with van der Waals surface area (Å²) in [5, 5.41) is 4.44. The largest absolute Gasteiger partial charge is 0.497 e. The van der Waals surface area contributed by atoms with E-state index in [1.807, 2.05) is 40.5 Å². The van der Waals surface area contributed by atoms with Crippen molar-refractivity contribution in [1.29, 1.82) is 0 Å². The molecule has 1 N–H and O–H groups in total. The molecule has 36 heavy (non-hydrogen) atoms. The van der Waals surface area contributed by atoms with Crippen LogP contribution in [0.25, 0.3) is 5.00 Å². The van der Waals surface area contributed by atoms with Gasteiger partial charge < -0.3 is 19.5 Å². The summed E-state index contributed by atoms with van der Waals surface area (Å²) in [6, 6.07) is 20.3. The first-order chi connectivity index (χ1) is 17.7. The Bertz CT molecular complexity index is 1400. The average Bonchev–Trinajstić information content (AvgIpc) is 3.51. The van der Waals surface area contributed by atoms with E-state index >= 15 is 0 Å². The molecule has 0 radical (unpaired) electrons. The van der Waals surface area contributed by atoms with Gasteiger partial charge in [-0.2, -0.15) is 0 Å². The monoisotopic (exact) mass is 497 g/mol. The second kappa shape index (κ2) is 9.51. The van der Waals surface area contributed by atoms with Crippen molar-refractivity contribution in [2.75, 3.05) is 12.4 Å². The summed E-state index contributed by atoms with van der Waals surface area (Å²) in [5.41, 5.74) is 7.03. The minimum absolute atomic E-state index is 0.107. The zero-order chi connectivity index (χ0) is 24.6. The van der Waals surface area contributed by atoms with Gasteiger partial charge in [0.1, 0.15) is 10.8 Å². The number of anilines is 1. The molecule has 0 saturated heterocycles. The molecule has 1 atom stereocenters. The topological polar surface area (TPSA) is 46.5 Å². The maximum Gasteiger partial charge on any atom is 0.322 e. The number of amides is 2. The van der Waals surface area contributed by atoms with Crippen LogP contribution in [0.3, 0.4) is 0 Å². The predicted octanol–water partition coefficient (Wildman–Crippen LogP) is 7.13. The van der Waals surface area contributed by atoms with Crippen LogP contribution in [0.2, 0.25) is 0 Å².